The molecule has 2 aromatic heterocycles. The van der Waals surface area contributed by atoms with E-state index in [1.807, 2.05) is 24.4 Å². The summed E-state index contributed by atoms with van der Waals surface area (Å²) in [7, 11) is 2.07. The topological polar surface area (TPSA) is 26.0 Å². The van der Waals surface area contributed by atoms with Crippen molar-refractivity contribution in [1.82, 2.24) is 4.98 Å². The Morgan fingerprint density at radius 2 is 1.78 bits per heavy atom. The van der Waals surface area contributed by atoms with E-state index < -0.39 is 0 Å². The molecule has 0 saturated heterocycles. The van der Waals surface area contributed by atoms with Crippen LogP contribution in [0.4, 0.5) is 0 Å². The summed E-state index contributed by atoms with van der Waals surface area (Å²) < 4.78 is 5.93. The van der Waals surface area contributed by atoms with Gasteiger partial charge in [-0.3, -0.25) is 4.98 Å². The third-order valence-corrected chi connectivity index (χ3v) is 3.43. The van der Waals surface area contributed by atoms with Crippen molar-refractivity contribution in [3.05, 3.63) is 48.7 Å². The first-order valence-corrected chi connectivity index (χ1v) is 6.00. The molecule has 0 radical (unpaired) electrons. The lowest BCUT2D eigenvalue weighted by molar-refractivity contribution is 0.670. The smallest absolute Gasteiger partial charge is 0.154 e. The molecule has 0 saturated carbocycles. The number of hydrogen-bond donors (Lipinski definition) is 0. The summed E-state index contributed by atoms with van der Waals surface area (Å²) in [4.78, 5) is 4.44. The van der Waals surface area contributed by atoms with Gasteiger partial charge in [0.15, 0.2) is 5.58 Å². The Kier molecular flexibility index (Phi) is 1.81. The first kappa shape index (κ1) is 9.72. The fourth-order valence-electron chi connectivity index (χ4n) is 2.57. The molecule has 84 valence electrons. The summed E-state index contributed by atoms with van der Waals surface area (Å²) >= 11 is 0. The van der Waals surface area contributed by atoms with Crippen molar-refractivity contribution >= 4 is 46.2 Å². The molecule has 0 aliphatic heterocycles. The number of furan rings is 1. The zero-order valence-electron chi connectivity index (χ0n) is 9.97. The largest absolute Gasteiger partial charge is 0.455 e. The van der Waals surface area contributed by atoms with Gasteiger partial charge in [-0.1, -0.05) is 36.4 Å². The molecule has 2 nitrogen and oxygen atoms in total. The van der Waals surface area contributed by atoms with Gasteiger partial charge in [0.25, 0.3) is 0 Å². The van der Waals surface area contributed by atoms with Gasteiger partial charge in [-0.2, -0.15) is 0 Å². The summed E-state index contributed by atoms with van der Waals surface area (Å²) in [5.74, 6) is 0. The van der Waals surface area contributed by atoms with E-state index in [2.05, 4.69) is 37.1 Å². The monoisotopic (exact) mass is 231 g/mol. The van der Waals surface area contributed by atoms with Crippen LogP contribution in [0.25, 0.3) is 32.8 Å². The number of hydrogen-bond acceptors (Lipinski definition) is 2. The van der Waals surface area contributed by atoms with Crippen molar-refractivity contribution in [3.8, 4) is 0 Å². The number of pyridine rings is 1. The van der Waals surface area contributed by atoms with Crippen LogP contribution in [0.5, 0.6) is 0 Å². The van der Waals surface area contributed by atoms with E-state index in [1.54, 1.807) is 0 Å². The molecule has 0 fully saturated rings. The number of aromatic nitrogens is 1. The number of benzene rings is 2. The Hall–Kier alpha value is -2.29. The number of para-hydroxylation sites is 2. The minimum absolute atomic E-state index is 0.859. The van der Waals surface area contributed by atoms with E-state index >= 15 is 0 Å². The second-order valence-electron chi connectivity index (χ2n) is 4.57. The highest BCUT2D eigenvalue weighted by atomic mass is 16.3. The Labute approximate surface area is 105 Å². The van der Waals surface area contributed by atoms with E-state index in [-0.39, 0.29) is 0 Å². The minimum atomic E-state index is 0.859. The van der Waals surface area contributed by atoms with Crippen LogP contribution >= 0.6 is 0 Å². The maximum Gasteiger partial charge on any atom is 0.154 e. The van der Waals surface area contributed by atoms with Crippen molar-refractivity contribution < 1.29 is 4.42 Å². The fourth-order valence-corrected chi connectivity index (χ4v) is 2.57. The zero-order chi connectivity index (χ0) is 12.1. The maximum atomic E-state index is 5.93. The first-order chi connectivity index (χ1) is 8.84. The van der Waals surface area contributed by atoms with Gasteiger partial charge >= 0.3 is 0 Å². The summed E-state index contributed by atoms with van der Waals surface area (Å²) in [6, 6.07) is 14.4. The Morgan fingerprint density at radius 3 is 2.72 bits per heavy atom. The lowest BCUT2D eigenvalue weighted by Crippen LogP contribution is -2.00. The predicted molar refractivity (Wildman–Crippen MR) is 77.2 cm³/mol. The van der Waals surface area contributed by atoms with Gasteiger partial charge in [0.1, 0.15) is 13.4 Å². The quantitative estimate of drug-likeness (QED) is 0.434. The van der Waals surface area contributed by atoms with E-state index in [4.69, 9.17) is 4.42 Å². The van der Waals surface area contributed by atoms with Crippen molar-refractivity contribution in [2.75, 3.05) is 0 Å². The molecule has 2 aromatic carbocycles. The molecule has 0 aliphatic rings. The molecule has 3 heteroatoms. The van der Waals surface area contributed by atoms with Crippen LogP contribution in [0.15, 0.2) is 53.1 Å². The molecular formula is C15H10BNO. The molecule has 0 N–H and O–H groups in total. The lowest BCUT2D eigenvalue weighted by Gasteiger charge is -1.97. The molecule has 0 amide bonds. The highest BCUT2D eigenvalue weighted by Crippen LogP contribution is 2.32. The number of fused-ring (bicyclic) bond motifs is 5. The van der Waals surface area contributed by atoms with Crippen LogP contribution in [-0.4, -0.2) is 12.8 Å². The highest BCUT2D eigenvalue weighted by molar-refractivity contribution is 6.39. The number of nitrogens with zero attached hydrogens (tertiary/aromatic N) is 1. The molecule has 0 atom stereocenters. The van der Waals surface area contributed by atoms with Gasteiger partial charge in [-0.15, -0.1) is 0 Å². The second kappa shape index (κ2) is 3.36. The summed E-state index contributed by atoms with van der Waals surface area (Å²) in [5.41, 5.74) is 3.99. The molecular weight excluding hydrogens is 221 g/mol. The van der Waals surface area contributed by atoms with Gasteiger partial charge in [-0.05, 0) is 11.5 Å². The second-order valence-corrected chi connectivity index (χ2v) is 4.57. The maximum absolute atomic E-state index is 5.93. The van der Waals surface area contributed by atoms with Crippen LogP contribution in [0, 0.1) is 0 Å². The molecule has 0 bridgehead atoms. The van der Waals surface area contributed by atoms with Gasteiger partial charge < -0.3 is 4.42 Å². The van der Waals surface area contributed by atoms with Crippen molar-refractivity contribution in [2.24, 2.45) is 0 Å². The Bertz CT molecular complexity index is 895. The van der Waals surface area contributed by atoms with Gasteiger partial charge in [0, 0.05) is 16.2 Å². The van der Waals surface area contributed by atoms with Gasteiger partial charge in [0.05, 0.1) is 11.7 Å². The lowest BCUT2D eigenvalue weighted by atomic mass is 9.94. The Balaban J connectivity index is 2.37. The molecule has 2 heterocycles. The molecule has 18 heavy (non-hydrogen) atoms. The zero-order valence-corrected chi connectivity index (χ0v) is 9.97. The van der Waals surface area contributed by atoms with E-state index in [0.717, 1.165) is 27.5 Å². The first-order valence-electron chi connectivity index (χ1n) is 6.00. The van der Waals surface area contributed by atoms with Gasteiger partial charge in [0.2, 0.25) is 0 Å². The standard InChI is InChI=1S/C15H10BNO/c16-11-6-3-5-10-14-9-4-1-2-7-12(9)17-8-13(14)18-15(10)11/h1-8H,16H2. The normalized spacial score (nSPS) is 11.6. The molecule has 0 aliphatic carbocycles. The third-order valence-electron chi connectivity index (χ3n) is 3.43. The number of rotatable bonds is 0. The predicted octanol–water partition coefficient (Wildman–Crippen LogP) is 2.39. The summed E-state index contributed by atoms with van der Waals surface area (Å²) in [5, 5.41) is 3.49. The van der Waals surface area contributed by atoms with E-state index in [9.17, 15) is 0 Å². The Morgan fingerprint density at radius 1 is 0.944 bits per heavy atom. The molecule has 0 unspecified atom stereocenters. The fraction of sp³-hybridized carbons (Fsp3) is 0. The van der Waals surface area contributed by atoms with Crippen molar-refractivity contribution in [3.63, 3.8) is 0 Å². The van der Waals surface area contributed by atoms with Crippen molar-refractivity contribution in [2.45, 2.75) is 0 Å². The van der Waals surface area contributed by atoms with Gasteiger partial charge in [-0.25, -0.2) is 0 Å². The summed E-state index contributed by atoms with van der Waals surface area (Å²) in [6.45, 7) is 0. The SMILES string of the molecule is Bc1cccc2c1oc1cnc3ccccc3c12. The van der Waals surface area contributed by atoms with E-state index in [0.29, 0.717) is 0 Å². The van der Waals surface area contributed by atoms with Crippen LogP contribution in [0.1, 0.15) is 0 Å². The average molecular weight is 231 g/mol. The highest BCUT2D eigenvalue weighted by Gasteiger charge is 2.11. The van der Waals surface area contributed by atoms with Crippen LogP contribution < -0.4 is 5.46 Å². The van der Waals surface area contributed by atoms with Crippen LogP contribution in [0.3, 0.4) is 0 Å². The summed E-state index contributed by atoms with van der Waals surface area (Å²) in [6.07, 6.45) is 1.82. The van der Waals surface area contributed by atoms with E-state index in [1.165, 1.54) is 10.8 Å². The molecule has 4 rings (SSSR count). The third kappa shape index (κ3) is 1.16. The van der Waals surface area contributed by atoms with Crippen molar-refractivity contribution in [1.29, 1.82) is 0 Å². The minimum Gasteiger partial charge on any atom is -0.455 e. The average Bonchev–Trinajstić information content (AvgIpc) is 2.79. The van der Waals surface area contributed by atoms with Crippen LogP contribution in [-0.2, 0) is 0 Å². The molecule has 0 spiro atoms. The van der Waals surface area contributed by atoms with Crippen LogP contribution in [0.2, 0.25) is 0 Å². The molecule has 4 aromatic rings.